The lowest BCUT2D eigenvalue weighted by Crippen LogP contribution is -1.96. The zero-order valence-electron chi connectivity index (χ0n) is 10.4. The second-order valence-electron chi connectivity index (χ2n) is 4.44. The number of hydrogen-bond acceptors (Lipinski definition) is 3. The zero-order chi connectivity index (χ0) is 13.2. The van der Waals surface area contributed by atoms with Gasteiger partial charge < -0.3 is 10.8 Å². The van der Waals surface area contributed by atoms with Crippen molar-refractivity contribution < 1.29 is 5.11 Å². The van der Waals surface area contributed by atoms with Crippen LogP contribution < -0.4 is 5.73 Å². The largest absolute Gasteiger partial charge is 0.506 e. The first-order valence-corrected chi connectivity index (χ1v) is 6.15. The van der Waals surface area contributed by atoms with Gasteiger partial charge in [-0.2, -0.15) is 0 Å². The van der Waals surface area contributed by atoms with E-state index in [1.54, 1.807) is 12.3 Å². The van der Waals surface area contributed by atoms with Crippen molar-refractivity contribution in [3.05, 3.63) is 60.3 Å². The lowest BCUT2D eigenvalue weighted by atomic mass is 9.98. The van der Waals surface area contributed by atoms with Crippen LogP contribution in [0.5, 0.6) is 5.75 Å². The molecule has 0 bridgehead atoms. The molecule has 0 unspecified atom stereocenters. The highest BCUT2D eigenvalue weighted by atomic mass is 16.3. The summed E-state index contributed by atoms with van der Waals surface area (Å²) in [5, 5.41) is 10.8. The van der Waals surface area contributed by atoms with Crippen LogP contribution in [0.1, 0.15) is 5.56 Å². The maximum absolute atomic E-state index is 9.86. The van der Waals surface area contributed by atoms with Gasteiger partial charge in [0.2, 0.25) is 0 Å². The molecule has 2 aromatic carbocycles. The van der Waals surface area contributed by atoms with Crippen molar-refractivity contribution in [3.8, 4) is 16.9 Å². The molecule has 3 heteroatoms. The van der Waals surface area contributed by atoms with Gasteiger partial charge in [-0.15, -0.1) is 0 Å². The number of fused-ring (bicyclic) bond motifs is 1. The molecule has 0 saturated carbocycles. The maximum Gasteiger partial charge on any atom is 0.141 e. The van der Waals surface area contributed by atoms with Gasteiger partial charge in [0.05, 0.1) is 0 Å². The Morgan fingerprint density at radius 3 is 2.79 bits per heavy atom. The topological polar surface area (TPSA) is 59.1 Å². The fourth-order valence-corrected chi connectivity index (χ4v) is 2.28. The van der Waals surface area contributed by atoms with Crippen molar-refractivity contribution >= 4 is 10.9 Å². The third-order valence-electron chi connectivity index (χ3n) is 3.22. The number of nitrogens with two attached hydrogens (primary N) is 1. The van der Waals surface area contributed by atoms with E-state index in [0.717, 1.165) is 22.1 Å². The van der Waals surface area contributed by atoms with E-state index in [1.807, 2.05) is 36.4 Å². The molecule has 0 saturated heterocycles. The van der Waals surface area contributed by atoms with Gasteiger partial charge in [-0.3, -0.25) is 4.98 Å². The Labute approximate surface area is 111 Å². The van der Waals surface area contributed by atoms with Crippen molar-refractivity contribution in [1.29, 1.82) is 0 Å². The van der Waals surface area contributed by atoms with E-state index < -0.39 is 0 Å². The van der Waals surface area contributed by atoms with E-state index in [1.165, 1.54) is 0 Å². The van der Waals surface area contributed by atoms with Gasteiger partial charge >= 0.3 is 0 Å². The number of phenolic OH excluding ortho intramolecular Hbond substituents is 1. The van der Waals surface area contributed by atoms with Crippen molar-refractivity contribution in [3.63, 3.8) is 0 Å². The number of aromatic nitrogens is 1. The van der Waals surface area contributed by atoms with Gasteiger partial charge in [-0.05, 0) is 41.0 Å². The lowest BCUT2D eigenvalue weighted by molar-refractivity contribution is 0.480. The van der Waals surface area contributed by atoms with Gasteiger partial charge in [0.25, 0.3) is 0 Å². The molecule has 0 aliphatic heterocycles. The molecule has 1 aromatic heterocycles. The summed E-state index contributed by atoms with van der Waals surface area (Å²) in [6.07, 6.45) is 1.68. The van der Waals surface area contributed by atoms with Crippen molar-refractivity contribution in [2.24, 2.45) is 5.73 Å². The van der Waals surface area contributed by atoms with Crippen LogP contribution in [-0.2, 0) is 6.54 Å². The van der Waals surface area contributed by atoms with Crippen molar-refractivity contribution in [2.75, 3.05) is 0 Å². The normalized spacial score (nSPS) is 10.8. The number of aromatic hydroxyl groups is 1. The molecule has 0 aliphatic carbocycles. The first-order chi connectivity index (χ1) is 9.29. The quantitative estimate of drug-likeness (QED) is 0.734. The predicted molar refractivity (Wildman–Crippen MR) is 76.7 cm³/mol. The SMILES string of the molecule is NCc1cccc(-c2ccc(O)c3ncccc23)c1. The van der Waals surface area contributed by atoms with Gasteiger partial charge in [0, 0.05) is 18.1 Å². The van der Waals surface area contributed by atoms with Gasteiger partial charge in [0.15, 0.2) is 0 Å². The minimum Gasteiger partial charge on any atom is -0.506 e. The fourth-order valence-electron chi connectivity index (χ4n) is 2.28. The Morgan fingerprint density at radius 1 is 1.05 bits per heavy atom. The highest BCUT2D eigenvalue weighted by molar-refractivity contribution is 5.97. The summed E-state index contributed by atoms with van der Waals surface area (Å²) in [6, 6.07) is 15.5. The third-order valence-corrected chi connectivity index (χ3v) is 3.22. The Morgan fingerprint density at radius 2 is 1.95 bits per heavy atom. The Balaban J connectivity index is 2.28. The molecule has 94 valence electrons. The average Bonchev–Trinajstić information content (AvgIpc) is 2.48. The predicted octanol–water partition coefficient (Wildman–Crippen LogP) is 3.07. The average molecular weight is 250 g/mol. The molecule has 0 fully saturated rings. The minimum atomic E-state index is 0.203. The van der Waals surface area contributed by atoms with Crippen LogP contribution in [-0.4, -0.2) is 10.1 Å². The molecule has 1 heterocycles. The molecule has 3 N–H and O–H groups in total. The van der Waals surface area contributed by atoms with E-state index in [4.69, 9.17) is 5.73 Å². The van der Waals surface area contributed by atoms with E-state index in [-0.39, 0.29) is 5.75 Å². The van der Waals surface area contributed by atoms with Crippen molar-refractivity contribution in [2.45, 2.75) is 6.54 Å². The Kier molecular flexibility index (Phi) is 2.89. The first-order valence-electron chi connectivity index (χ1n) is 6.15. The standard InChI is InChI=1S/C16H14N2O/c17-10-11-3-1-4-12(9-11)13-6-7-15(19)16-14(13)5-2-8-18-16/h1-9,19H,10,17H2. The molecule has 0 spiro atoms. The molecular weight excluding hydrogens is 236 g/mol. The highest BCUT2D eigenvalue weighted by Crippen LogP contribution is 2.32. The summed E-state index contributed by atoms with van der Waals surface area (Å²) >= 11 is 0. The number of hydrogen-bond donors (Lipinski definition) is 2. The van der Waals surface area contributed by atoms with Crippen LogP contribution >= 0.6 is 0 Å². The molecule has 0 radical (unpaired) electrons. The summed E-state index contributed by atoms with van der Waals surface area (Å²) in [7, 11) is 0. The van der Waals surface area contributed by atoms with Crippen LogP contribution in [0.2, 0.25) is 0 Å². The first kappa shape index (κ1) is 11.7. The number of phenols is 1. The smallest absolute Gasteiger partial charge is 0.141 e. The Hall–Kier alpha value is -2.39. The highest BCUT2D eigenvalue weighted by Gasteiger charge is 2.08. The molecule has 3 rings (SSSR count). The van der Waals surface area contributed by atoms with E-state index >= 15 is 0 Å². The second-order valence-corrected chi connectivity index (χ2v) is 4.44. The number of benzene rings is 2. The molecule has 0 aliphatic rings. The van der Waals surface area contributed by atoms with Crippen LogP contribution in [0, 0.1) is 0 Å². The number of nitrogens with zero attached hydrogens (tertiary/aromatic N) is 1. The second kappa shape index (κ2) is 4.71. The molecule has 3 nitrogen and oxygen atoms in total. The third kappa shape index (κ3) is 2.04. The summed E-state index contributed by atoms with van der Waals surface area (Å²) in [6.45, 7) is 0.516. The Bertz CT molecular complexity index is 738. The van der Waals surface area contributed by atoms with Crippen molar-refractivity contribution in [1.82, 2.24) is 4.98 Å². The number of pyridine rings is 1. The van der Waals surface area contributed by atoms with Gasteiger partial charge in [-0.25, -0.2) is 0 Å². The summed E-state index contributed by atoms with van der Waals surface area (Å²) in [5.74, 6) is 0.203. The van der Waals surface area contributed by atoms with Crippen LogP contribution in [0.4, 0.5) is 0 Å². The maximum atomic E-state index is 9.86. The molecular formula is C16H14N2O. The van der Waals surface area contributed by atoms with E-state index in [2.05, 4.69) is 11.1 Å². The zero-order valence-corrected chi connectivity index (χ0v) is 10.4. The monoisotopic (exact) mass is 250 g/mol. The molecule has 3 aromatic rings. The molecule has 0 amide bonds. The summed E-state index contributed by atoms with van der Waals surface area (Å²) in [4.78, 5) is 4.23. The van der Waals surface area contributed by atoms with Crippen LogP contribution in [0.3, 0.4) is 0 Å². The van der Waals surface area contributed by atoms with E-state index in [9.17, 15) is 5.11 Å². The van der Waals surface area contributed by atoms with E-state index in [0.29, 0.717) is 12.1 Å². The number of rotatable bonds is 2. The van der Waals surface area contributed by atoms with Gasteiger partial charge in [-0.1, -0.05) is 24.3 Å². The summed E-state index contributed by atoms with van der Waals surface area (Å²) in [5.41, 5.74) is 9.53. The van der Waals surface area contributed by atoms with Crippen LogP contribution in [0.15, 0.2) is 54.7 Å². The van der Waals surface area contributed by atoms with Crippen LogP contribution in [0.25, 0.3) is 22.0 Å². The fraction of sp³-hybridized carbons (Fsp3) is 0.0625. The minimum absolute atomic E-state index is 0.203. The van der Waals surface area contributed by atoms with Gasteiger partial charge in [0.1, 0.15) is 11.3 Å². The summed E-state index contributed by atoms with van der Waals surface area (Å²) < 4.78 is 0. The molecule has 0 atom stereocenters. The lowest BCUT2D eigenvalue weighted by Gasteiger charge is -2.09. The molecule has 19 heavy (non-hydrogen) atoms.